The van der Waals surface area contributed by atoms with Gasteiger partial charge in [-0.25, -0.2) is 0 Å². The molecule has 0 spiro atoms. The van der Waals surface area contributed by atoms with E-state index in [2.05, 4.69) is 137 Å². The Hall–Kier alpha value is -3.29. The minimum Gasteiger partial charge on any atom is -0.384 e. The molecule has 3 aromatic rings. The standard InChI is InChI=1S/C34H42N3P/c1-24-14-11-12-19-32(24)33(37-28(5)34(38-7)23-35-6)20-25(2)36-22-29-15-13-18-31(21-29)27(4)26(3)30-16-9-8-10-17-30/h8-21,23,26-27,36,38H,22H2,1-7H3/b25-20+,34-28-,35-23?,37-33+. The molecule has 4 heteroatoms. The van der Waals surface area contributed by atoms with Crippen LogP contribution in [0.5, 0.6) is 0 Å². The Balaban J connectivity index is 1.82. The first-order valence-electron chi connectivity index (χ1n) is 13.4. The van der Waals surface area contributed by atoms with Crippen LogP contribution in [0.1, 0.15) is 67.3 Å². The molecule has 0 saturated heterocycles. The van der Waals surface area contributed by atoms with Gasteiger partial charge >= 0.3 is 0 Å². The second-order valence-corrected chi connectivity index (χ2v) is 10.9. The van der Waals surface area contributed by atoms with Crippen LogP contribution in [-0.4, -0.2) is 25.6 Å². The van der Waals surface area contributed by atoms with E-state index in [1.807, 2.05) is 13.3 Å². The maximum absolute atomic E-state index is 5.07. The van der Waals surface area contributed by atoms with Crippen LogP contribution in [0.15, 0.2) is 112 Å². The van der Waals surface area contributed by atoms with Gasteiger partial charge < -0.3 is 5.32 Å². The maximum atomic E-state index is 5.07. The van der Waals surface area contributed by atoms with Crippen molar-refractivity contribution in [1.29, 1.82) is 0 Å². The zero-order valence-electron chi connectivity index (χ0n) is 23.9. The molecule has 0 saturated carbocycles. The van der Waals surface area contributed by atoms with Crippen LogP contribution in [0.4, 0.5) is 0 Å². The molecular weight excluding hydrogens is 481 g/mol. The van der Waals surface area contributed by atoms with Crippen molar-refractivity contribution in [2.75, 3.05) is 13.7 Å². The molecule has 0 fully saturated rings. The van der Waals surface area contributed by atoms with Crippen LogP contribution >= 0.6 is 8.58 Å². The molecule has 3 nitrogen and oxygen atoms in total. The average molecular weight is 524 g/mol. The lowest BCUT2D eigenvalue weighted by molar-refractivity contribution is 0.622. The van der Waals surface area contributed by atoms with Crippen LogP contribution in [0.3, 0.4) is 0 Å². The molecule has 0 aliphatic heterocycles. The number of hydrogen-bond donors (Lipinski definition) is 1. The number of rotatable bonds is 11. The summed E-state index contributed by atoms with van der Waals surface area (Å²) >= 11 is 0. The lowest BCUT2D eigenvalue weighted by Gasteiger charge is -2.21. The molecule has 198 valence electrons. The zero-order chi connectivity index (χ0) is 27.5. The molecule has 38 heavy (non-hydrogen) atoms. The van der Waals surface area contributed by atoms with Gasteiger partial charge in [0.2, 0.25) is 0 Å². The summed E-state index contributed by atoms with van der Waals surface area (Å²) in [5.74, 6) is 0.889. The van der Waals surface area contributed by atoms with Crippen molar-refractivity contribution in [3.05, 3.63) is 129 Å². The summed E-state index contributed by atoms with van der Waals surface area (Å²) in [6.45, 7) is 13.9. The first-order valence-corrected chi connectivity index (χ1v) is 14.9. The lowest BCUT2D eigenvalue weighted by Crippen LogP contribution is -2.13. The number of benzene rings is 3. The molecule has 3 unspecified atom stereocenters. The summed E-state index contributed by atoms with van der Waals surface area (Å²) < 4.78 is 0. The van der Waals surface area contributed by atoms with Crippen molar-refractivity contribution in [2.24, 2.45) is 9.98 Å². The fraction of sp³-hybridized carbons (Fsp3) is 0.294. The summed E-state index contributed by atoms with van der Waals surface area (Å²) in [5, 5.41) is 4.80. The van der Waals surface area contributed by atoms with Crippen LogP contribution in [-0.2, 0) is 6.54 Å². The number of nitrogens with one attached hydrogen (secondary N) is 1. The third-order valence-corrected chi connectivity index (χ3v) is 8.13. The number of aryl methyl sites for hydroxylation is 1. The normalized spacial score (nSPS) is 15.1. The Morgan fingerprint density at radius 1 is 0.895 bits per heavy atom. The van der Waals surface area contributed by atoms with Crippen molar-refractivity contribution >= 4 is 20.5 Å². The van der Waals surface area contributed by atoms with Gasteiger partial charge in [-0.2, -0.15) is 0 Å². The highest BCUT2D eigenvalue weighted by Crippen LogP contribution is 2.32. The van der Waals surface area contributed by atoms with Crippen molar-refractivity contribution in [1.82, 2.24) is 5.32 Å². The van der Waals surface area contributed by atoms with E-state index in [-0.39, 0.29) is 0 Å². The minimum absolute atomic E-state index is 0.434. The van der Waals surface area contributed by atoms with Gasteiger partial charge in [0.05, 0.1) is 5.71 Å². The highest BCUT2D eigenvalue weighted by Gasteiger charge is 2.16. The Labute approximate surface area is 231 Å². The van der Waals surface area contributed by atoms with Crippen LogP contribution in [0.25, 0.3) is 0 Å². The predicted molar refractivity (Wildman–Crippen MR) is 169 cm³/mol. The van der Waals surface area contributed by atoms with Crippen molar-refractivity contribution in [3.8, 4) is 0 Å². The second kappa shape index (κ2) is 14.6. The van der Waals surface area contributed by atoms with Crippen molar-refractivity contribution in [2.45, 2.75) is 53.0 Å². The average Bonchev–Trinajstić information content (AvgIpc) is 2.94. The SMILES string of the molecule is CN=C/C(PC)=C(C)/N=C(\C=C(/C)NCc1cccc(C(C)C(C)c2ccccc2)c1)c1ccccc1C. The molecule has 0 radical (unpaired) electrons. The molecule has 0 aliphatic rings. The molecule has 0 aromatic heterocycles. The lowest BCUT2D eigenvalue weighted by atomic mass is 9.83. The van der Waals surface area contributed by atoms with E-state index in [1.165, 1.54) is 27.6 Å². The Kier molecular flexibility index (Phi) is 11.2. The molecule has 3 rings (SSSR count). The molecule has 0 heterocycles. The van der Waals surface area contributed by atoms with Crippen LogP contribution < -0.4 is 5.32 Å². The molecule has 0 aliphatic carbocycles. The summed E-state index contributed by atoms with van der Waals surface area (Å²) in [6, 6.07) is 28.2. The number of aliphatic imine (C=N–C) groups is 2. The van der Waals surface area contributed by atoms with Gasteiger partial charge in [0.1, 0.15) is 0 Å². The number of hydrogen-bond acceptors (Lipinski definition) is 3. The fourth-order valence-electron chi connectivity index (χ4n) is 4.56. The largest absolute Gasteiger partial charge is 0.384 e. The van der Waals surface area contributed by atoms with Gasteiger partial charge in [0, 0.05) is 42.1 Å². The summed E-state index contributed by atoms with van der Waals surface area (Å²) in [4.78, 5) is 9.30. The van der Waals surface area contributed by atoms with Gasteiger partial charge in [0.25, 0.3) is 0 Å². The Bertz CT molecular complexity index is 1320. The molecule has 0 amide bonds. The van der Waals surface area contributed by atoms with E-state index in [1.54, 1.807) is 0 Å². The van der Waals surface area contributed by atoms with Gasteiger partial charge in [-0.15, -0.1) is 0 Å². The Morgan fingerprint density at radius 2 is 1.55 bits per heavy atom. The topological polar surface area (TPSA) is 36.8 Å². The maximum Gasteiger partial charge on any atom is 0.0725 e. The van der Waals surface area contributed by atoms with E-state index in [4.69, 9.17) is 4.99 Å². The van der Waals surface area contributed by atoms with Crippen LogP contribution in [0.2, 0.25) is 0 Å². The van der Waals surface area contributed by atoms with E-state index >= 15 is 0 Å². The van der Waals surface area contributed by atoms with Gasteiger partial charge in [-0.05, 0) is 67.6 Å². The summed E-state index contributed by atoms with van der Waals surface area (Å²) in [5.41, 5.74) is 9.44. The third kappa shape index (κ3) is 8.10. The number of nitrogens with zero attached hydrogens (tertiary/aromatic N) is 2. The second-order valence-electron chi connectivity index (χ2n) is 9.86. The van der Waals surface area contributed by atoms with Crippen LogP contribution in [0, 0.1) is 6.92 Å². The Morgan fingerprint density at radius 3 is 2.24 bits per heavy atom. The highest BCUT2D eigenvalue weighted by molar-refractivity contribution is 7.43. The third-order valence-electron chi connectivity index (χ3n) is 7.10. The quantitative estimate of drug-likeness (QED) is 0.198. The van der Waals surface area contributed by atoms with Gasteiger partial charge in [0.15, 0.2) is 0 Å². The van der Waals surface area contributed by atoms with Crippen molar-refractivity contribution < 1.29 is 0 Å². The molecule has 3 atom stereocenters. The first-order chi connectivity index (χ1) is 18.3. The van der Waals surface area contributed by atoms with E-state index < -0.39 is 0 Å². The monoisotopic (exact) mass is 523 g/mol. The van der Waals surface area contributed by atoms with Crippen molar-refractivity contribution in [3.63, 3.8) is 0 Å². The zero-order valence-corrected chi connectivity index (χ0v) is 24.9. The fourth-order valence-corrected chi connectivity index (χ4v) is 5.23. The minimum atomic E-state index is 0.434. The van der Waals surface area contributed by atoms with Gasteiger partial charge in [-0.1, -0.05) is 101 Å². The summed E-state index contributed by atoms with van der Waals surface area (Å²) in [6.07, 6.45) is 4.09. The molecule has 1 N–H and O–H groups in total. The smallest absolute Gasteiger partial charge is 0.0725 e. The van der Waals surface area contributed by atoms with E-state index in [0.717, 1.165) is 29.2 Å². The first kappa shape index (κ1) is 29.3. The molecule has 0 bridgehead atoms. The highest BCUT2D eigenvalue weighted by atomic mass is 31.1. The van der Waals surface area contributed by atoms with Gasteiger partial charge in [-0.3, -0.25) is 9.98 Å². The number of allylic oxidation sites excluding steroid dienone is 4. The van der Waals surface area contributed by atoms with E-state index in [0.29, 0.717) is 20.4 Å². The summed E-state index contributed by atoms with van der Waals surface area (Å²) in [7, 11) is 2.45. The molecule has 3 aromatic carbocycles. The van der Waals surface area contributed by atoms with E-state index in [9.17, 15) is 0 Å². The predicted octanol–water partition coefficient (Wildman–Crippen LogP) is 8.63. The molecular formula is C34H42N3P.